The molecule has 2 saturated carbocycles. The predicted molar refractivity (Wildman–Crippen MR) is 71.4 cm³/mol. The molecule has 3 rings (SSSR count). The van der Waals surface area contributed by atoms with Gasteiger partial charge in [-0.2, -0.15) is 0 Å². The molecule has 0 radical (unpaired) electrons. The molecule has 1 heterocycles. The van der Waals surface area contributed by atoms with Crippen LogP contribution >= 0.6 is 0 Å². The summed E-state index contributed by atoms with van der Waals surface area (Å²) in [4.78, 5) is 2.60. The summed E-state index contributed by atoms with van der Waals surface area (Å²) in [6.45, 7) is 6.46. The maximum atomic E-state index is 10.5. The number of aliphatic hydroxyl groups excluding tert-OH is 1. The van der Waals surface area contributed by atoms with Gasteiger partial charge in [-0.1, -0.05) is 13.8 Å². The number of hydrogen-bond donors (Lipinski definition) is 1. The Bertz CT molecular complexity index is 284. The van der Waals surface area contributed by atoms with Gasteiger partial charge < -0.3 is 9.84 Å². The molecule has 1 saturated heterocycles. The van der Waals surface area contributed by atoms with Crippen molar-refractivity contribution in [2.45, 2.75) is 70.2 Å². The van der Waals surface area contributed by atoms with Gasteiger partial charge >= 0.3 is 0 Å². The SMILES string of the molecule is CC1CC(C)C(N2CCOC3CCCC32)C(O)C1. The summed E-state index contributed by atoms with van der Waals surface area (Å²) < 4.78 is 5.89. The fourth-order valence-electron chi connectivity index (χ4n) is 4.67. The Morgan fingerprint density at radius 3 is 2.78 bits per heavy atom. The van der Waals surface area contributed by atoms with E-state index in [0.717, 1.165) is 19.6 Å². The topological polar surface area (TPSA) is 32.7 Å². The van der Waals surface area contributed by atoms with Crippen LogP contribution in [0.3, 0.4) is 0 Å². The van der Waals surface area contributed by atoms with Gasteiger partial charge in [0.25, 0.3) is 0 Å². The molecule has 0 aromatic heterocycles. The van der Waals surface area contributed by atoms with Crippen LogP contribution in [0.25, 0.3) is 0 Å². The minimum atomic E-state index is -0.136. The summed E-state index contributed by atoms with van der Waals surface area (Å²) >= 11 is 0. The molecule has 18 heavy (non-hydrogen) atoms. The van der Waals surface area contributed by atoms with Crippen LogP contribution in [-0.2, 0) is 4.74 Å². The molecule has 3 aliphatic rings. The molecule has 2 aliphatic carbocycles. The van der Waals surface area contributed by atoms with Gasteiger partial charge in [-0.3, -0.25) is 4.90 Å². The standard InChI is InChI=1S/C15H27NO2/c1-10-8-11(2)15(13(17)9-10)16-6-7-18-14-5-3-4-12(14)16/h10-15,17H,3-9H2,1-2H3. The highest BCUT2D eigenvalue weighted by Gasteiger charge is 2.44. The third-order valence-electron chi connectivity index (χ3n) is 5.30. The third-order valence-corrected chi connectivity index (χ3v) is 5.30. The Hall–Kier alpha value is -0.120. The van der Waals surface area contributed by atoms with Crippen LogP contribution in [0.2, 0.25) is 0 Å². The van der Waals surface area contributed by atoms with Crippen LogP contribution in [-0.4, -0.2) is 47.4 Å². The van der Waals surface area contributed by atoms with E-state index < -0.39 is 0 Å². The fourth-order valence-corrected chi connectivity index (χ4v) is 4.67. The van der Waals surface area contributed by atoms with E-state index in [1.807, 2.05) is 0 Å². The smallest absolute Gasteiger partial charge is 0.0731 e. The first-order chi connectivity index (χ1) is 8.66. The normalized spacial score (nSPS) is 50.2. The monoisotopic (exact) mass is 253 g/mol. The van der Waals surface area contributed by atoms with Crippen LogP contribution in [0.1, 0.15) is 46.0 Å². The van der Waals surface area contributed by atoms with Crippen molar-refractivity contribution in [3.8, 4) is 0 Å². The summed E-state index contributed by atoms with van der Waals surface area (Å²) in [5.41, 5.74) is 0. The Morgan fingerprint density at radius 1 is 1.17 bits per heavy atom. The second-order valence-electron chi connectivity index (χ2n) is 6.76. The lowest BCUT2D eigenvalue weighted by atomic mass is 9.76. The first-order valence-corrected chi connectivity index (χ1v) is 7.72. The summed E-state index contributed by atoms with van der Waals surface area (Å²) in [5, 5.41) is 10.5. The van der Waals surface area contributed by atoms with Gasteiger partial charge in [0.05, 0.1) is 18.8 Å². The van der Waals surface area contributed by atoms with Crippen molar-refractivity contribution in [3.63, 3.8) is 0 Å². The van der Waals surface area contributed by atoms with Crippen LogP contribution in [0.15, 0.2) is 0 Å². The summed E-state index contributed by atoms with van der Waals surface area (Å²) in [7, 11) is 0. The van der Waals surface area contributed by atoms with Gasteiger partial charge in [-0.15, -0.1) is 0 Å². The minimum absolute atomic E-state index is 0.136. The van der Waals surface area contributed by atoms with Crippen molar-refractivity contribution in [2.75, 3.05) is 13.2 Å². The highest BCUT2D eigenvalue weighted by atomic mass is 16.5. The van der Waals surface area contributed by atoms with Crippen LogP contribution in [0.4, 0.5) is 0 Å². The molecule has 0 aromatic rings. The Balaban J connectivity index is 1.75. The largest absolute Gasteiger partial charge is 0.391 e. The maximum absolute atomic E-state index is 10.5. The Labute approximate surface area is 110 Å². The molecular formula is C15H27NO2. The van der Waals surface area contributed by atoms with Crippen molar-refractivity contribution < 1.29 is 9.84 Å². The number of fused-ring (bicyclic) bond motifs is 1. The highest BCUT2D eigenvalue weighted by Crippen LogP contribution is 2.38. The minimum Gasteiger partial charge on any atom is -0.391 e. The van der Waals surface area contributed by atoms with E-state index >= 15 is 0 Å². The average molecular weight is 253 g/mol. The molecule has 3 nitrogen and oxygen atoms in total. The second-order valence-corrected chi connectivity index (χ2v) is 6.76. The van der Waals surface area contributed by atoms with Gasteiger partial charge in [-0.25, -0.2) is 0 Å². The number of ether oxygens (including phenoxy) is 1. The van der Waals surface area contributed by atoms with Crippen LogP contribution < -0.4 is 0 Å². The number of aliphatic hydroxyl groups is 1. The molecular weight excluding hydrogens is 226 g/mol. The summed E-state index contributed by atoms with van der Waals surface area (Å²) in [5.74, 6) is 1.29. The van der Waals surface area contributed by atoms with Crippen molar-refractivity contribution in [1.29, 1.82) is 0 Å². The van der Waals surface area contributed by atoms with Gasteiger partial charge in [-0.05, 0) is 43.9 Å². The van der Waals surface area contributed by atoms with Crippen molar-refractivity contribution in [3.05, 3.63) is 0 Å². The zero-order valence-corrected chi connectivity index (χ0v) is 11.7. The van der Waals surface area contributed by atoms with E-state index in [2.05, 4.69) is 18.7 Å². The number of morpholine rings is 1. The fraction of sp³-hybridized carbons (Fsp3) is 1.00. The molecule has 3 fully saturated rings. The molecule has 104 valence electrons. The molecule has 6 atom stereocenters. The zero-order chi connectivity index (χ0) is 12.7. The summed E-state index contributed by atoms with van der Waals surface area (Å²) in [6.07, 6.45) is 6.31. The molecule has 0 amide bonds. The highest BCUT2D eigenvalue weighted by molar-refractivity contribution is 4.98. The predicted octanol–water partition coefficient (Wildman–Crippen LogP) is 2.04. The molecule has 0 bridgehead atoms. The van der Waals surface area contributed by atoms with Crippen LogP contribution in [0.5, 0.6) is 0 Å². The van der Waals surface area contributed by atoms with Crippen molar-refractivity contribution >= 4 is 0 Å². The average Bonchev–Trinajstić information content (AvgIpc) is 2.76. The number of hydrogen-bond acceptors (Lipinski definition) is 3. The lowest BCUT2D eigenvalue weighted by Gasteiger charge is -2.49. The molecule has 0 aromatic carbocycles. The first kappa shape index (κ1) is 12.9. The zero-order valence-electron chi connectivity index (χ0n) is 11.7. The van der Waals surface area contributed by atoms with Gasteiger partial charge in [0.2, 0.25) is 0 Å². The quantitative estimate of drug-likeness (QED) is 0.776. The van der Waals surface area contributed by atoms with Gasteiger partial charge in [0.15, 0.2) is 0 Å². The molecule has 0 spiro atoms. The molecule has 3 heteroatoms. The van der Waals surface area contributed by atoms with E-state index in [1.54, 1.807) is 0 Å². The van der Waals surface area contributed by atoms with E-state index in [0.29, 0.717) is 30.0 Å². The molecule has 1 N–H and O–H groups in total. The van der Waals surface area contributed by atoms with Crippen molar-refractivity contribution in [1.82, 2.24) is 4.90 Å². The molecule has 6 unspecified atom stereocenters. The van der Waals surface area contributed by atoms with E-state index in [9.17, 15) is 5.11 Å². The van der Waals surface area contributed by atoms with Crippen LogP contribution in [0, 0.1) is 11.8 Å². The first-order valence-electron chi connectivity index (χ1n) is 7.72. The molecule has 1 aliphatic heterocycles. The van der Waals surface area contributed by atoms with Gasteiger partial charge in [0.1, 0.15) is 0 Å². The number of nitrogens with zero attached hydrogens (tertiary/aromatic N) is 1. The van der Waals surface area contributed by atoms with Crippen molar-refractivity contribution in [2.24, 2.45) is 11.8 Å². The van der Waals surface area contributed by atoms with E-state index in [1.165, 1.54) is 25.7 Å². The van der Waals surface area contributed by atoms with E-state index in [4.69, 9.17) is 4.74 Å². The van der Waals surface area contributed by atoms with Gasteiger partial charge in [0, 0.05) is 18.6 Å². The van der Waals surface area contributed by atoms with E-state index in [-0.39, 0.29) is 6.10 Å². The lowest BCUT2D eigenvalue weighted by molar-refractivity contribution is -0.116. The second kappa shape index (κ2) is 5.10. The Kier molecular flexibility index (Phi) is 3.65. The number of rotatable bonds is 1. The summed E-state index contributed by atoms with van der Waals surface area (Å²) in [6, 6.07) is 0.949. The third kappa shape index (κ3) is 2.21. The Morgan fingerprint density at radius 2 is 2.00 bits per heavy atom. The maximum Gasteiger partial charge on any atom is 0.0731 e. The lowest BCUT2D eigenvalue weighted by Crippen LogP contribution is -2.60.